The summed E-state index contributed by atoms with van der Waals surface area (Å²) in [6, 6.07) is 1.95. The molecule has 4 nitrogen and oxygen atoms in total. The highest BCUT2D eigenvalue weighted by Crippen LogP contribution is 2.80. The second kappa shape index (κ2) is 5.54. The second-order valence-electron chi connectivity index (χ2n) is 12.5. The van der Waals surface area contributed by atoms with Gasteiger partial charge in [0.15, 0.2) is 6.10 Å². The van der Waals surface area contributed by atoms with Gasteiger partial charge in [0.1, 0.15) is 11.7 Å². The number of carbonyl (C=O) groups excluding carboxylic acids is 1. The monoisotopic (exact) mass is 412 g/mol. The van der Waals surface area contributed by atoms with Crippen molar-refractivity contribution in [2.45, 2.75) is 97.4 Å². The highest BCUT2D eigenvalue weighted by atomic mass is 16.7. The zero-order valence-electron chi connectivity index (χ0n) is 19.1. The average Bonchev–Trinajstić information content (AvgIpc) is 3.24. The topological polar surface area (TPSA) is 52.0 Å². The van der Waals surface area contributed by atoms with E-state index in [0.717, 1.165) is 24.3 Å². The van der Waals surface area contributed by atoms with Crippen LogP contribution in [0.1, 0.15) is 91.2 Å². The lowest BCUT2D eigenvalue weighted by Crippen LogP contribution is -2.68. The van der Waals surface area contributed by atoms with Crippen molar-refractivity contribution in [3.8, 4) is 0 Å². The molecule has 3 saturated carbocycles. The van der Waals surface area contributed by atoms with Crippen LogP contribution in [-0.2, 0) is 14.3 Å². The second-order valence-corrected chi connectivity index (χ2v) is 12.5. The molecule has 5 aliphatic rings. The van der Waals surface area contributed by atoms with Gasteiger partial charge in [-0.15, -0.1) is 0 Å². The van der Waals surface area contributed by atoms with Crippen LogP contribution in [0.15, 0.2) is 23.0 Å². The van der Waals surface area contributed by atoms with Crippen LogP contribution in [-0.4, -0.2) is 17.7 Å². The molecular weight excluding hydrogens is 376 g/mol. The van der Waals surface area contributed by atoms with E-state index in [2.05, 4.69) is 34.6 Å². The van der Waals surface area contributed by atoms with Gasteiger partial charge in [0.2, 0.25) is 0 Å². The van der Waals surface area contributed by atoms with Crippen LogP contribution in [0, 0.1) is 33.5 Å². The molecular formula is C26H36O4. The molecule has 0 N–H and O–H groups in total. The molecule has 1 aromatic heterocycles. The molecule has 2 unspecified atom stereocenters. The predicted molar refractivity (Wildman–Crippen MR) is 113 cm³/mol. The number of furan rings is 1. The van der Waals surface area contributed by atoms with Gasteiger partial charge >= 0.3 is 5.97 Å². The average molecular weight is 413 g/mol. The molecule has 0 bridgehead atoms. The van der Waals surface area contributed by atoms with Gasteiger partial charge in [-0.05, 0) is 67.3 Å². The first-order valence-electron chi connectivity index (χ1n) is 12.0. The normalized spacial score (nSPS) is 53.6. The van der Waals surface area contributed by atoms with Crippen molar-refractivity contribution in [1.82, 2.24) is 0 Å². The summed E-state index contributed by atoms with van der Waals surface area (Å²) in [6.07, 6.45) is 11.4. The van der Waals surface area contributed by atoms with Crippen molar-refractivity contribution < 1.29 is 18.7 Å². The van der Waals surface area contributed by atoms with Gasteiger partial charge in [-0.3, -0.25) is 0 Å². The fourth-order valence-electron chi connectivity index (χ4n) is 9.75. The third kappa shape index (κ3) is 1.97. The molecule has 0 radical (unpaired) electrons. The van der Waals surface area contributed by atoms with Gasteiger partial charge in [-0.25, -0.2) is 4.79 Å². The van der Waals surface area contributed by atoms with Crippen LogP contribution in [0.2, 0.25) is 0 Å². The molecule has 3 aliphatic carbocycles. The molecule has 30 heavy (non-hydrogen) atoms. The summed E-state index contributed by atoms with van der Waals surface area (Å²) in [5.41, 5.74) is 1.09. The number of esters is 1. The summed E-state index contributed by atoms with van der Waals surface area (Å²) in [4.78, 5) is 13.0. The quantitative estimate of drug-likeness (QED) is 0.415. The molecule has 1 aromatic rings. The standard InChI is InChI=1S/C26H36O4/c1-22(2)10-6-11-23(3)17(22)7-12-24(4)18(23)8-13-25(5)19(16-9-14-28-15-16)29-21(27)20-26(24,25)30-20/h9,14-15,17-20H,6-8,10-13H2,1-5H3/t17?,18?,19-,20+,23-,24+,25-,26-/m0/s1. The van der Waals surface area contributed by atoms with E-state index in [0.29, 0.717) is 16.7 Å². The minimum atomic E-state index is -0.407. The number of cyclic esters (lactones) is 1. The maximum Gasteiger partial charge on any atom is 0.339 e. The van der Waals surface area contributed by atoms with Crippen molar-refractivity contribution in [2.75, 3.05) is 0 Å². The Hall–Kier alpha value is -1.29. The molecule has 0 amide bonds. The Bertz CT molecular complexity index is 889. The van der Waals surface area contributed by atoms with E-state index in [-0.39, 0.29) is 22.9 Å². The molecule has 2 aliphatic heterocycles. The van der Waals surface area contributed by atoms with E-state index in [1.165, 1.54) is 32.1 Å². The summed E-state index contributed by atoms with van der Waals surface area (Å²) >= 11 is 0. The van der Waals surface area contributed by atoms with E-state index >= 15 is 0 Å². The zero-order chi connectivity index (χ0) is 21.2. The molecule has 4 heteroatoms. The van der Waals surface area contributed by atoms with Gasteiger partial charge in [-0.2, -0.15) is 0 Å². The zero-order valence-corrected chi connectivity index (χ0v) is 19.1. The number of carbonyl (C=O) groups is 1. The van der Waals surface area contributed by atoms with Crippen LogP contribution in [0.3, 0.4) is 0 Å². The van der Waals surface area contributed by atoms with Crippen LogP contribution in [0.5, 0.6) is 0 Å². The number of hydrogen-bond acceptors (Lipinski definition) is 4. The maximum absolute atomic E-state index is 13.0. The smallest absolute Gasteiger partial charge is 0.339 e. The van der Waals surface area contributed by atoms with Crippen LogP contribution in [0.25, 0.3) is 0 Å². The first kappa shape index (κ1) is 19.4. The lowest BCUT2D eigenvalue weighted by atomic mass is 9.35. The summed E-state index contributed by atoms with van der Waals surface area (Å²) in [5.74, 6) is 1.18. The molecule has 2 saturated heterocycles. The highest BCUT2D eigenvalue weighted by Gasteiger charge is 2.86. The van der Waals surface area contributed by atoms with E-state index in [1.807, 2.05) is 6.07 Å². The lowest BCUT2D eigenvalue weighted by molar-refractivity contribution is -0.228. The number of fused-ring (bicyclic) bond motifs is 3. The highest BCUT2D eigenvalue weighted by molar-refractivity contribution is 5.82. The Labute approximate surface area is 180 Å². The van der Waals surface area contributed by atoms with E-state index in [9.17, 15) is 4.79 Å². The van der Waals surface area contributed by atoms with Gasteiger partial charge in [0.25, 0.3) is 0 Å². The van der Waals surface area contributed by atoms with Gasteiger partial charge in [0, 0.05) is 16.4 Å². The van der Waals surface area contributed by atoms with Crippen molar-refractivity contribution >= 4 is 5.97 Å². The van der Waals surface area contributed by atoms with Gasteiger partial charge in [0.05, 0.1) is 12.5 Å². The van der Waals surface area contributed by atoms with Gasteiger partial charge in [-0.1, -0.05) is 41.0 Å². The number of epoxide rings is 1. The van der Waals surface area contributed by atoms with Crippen LogP contribution in [0.4, 0.5) is 0 Å². The van der Waals surface area contributed by atoms with Crippen LogP contribution >= 0.6 is 0 Å². The fourth-order valence-corrected chi connectivity index (χ4v) is 9.75. The lowest BCUT2D eigenvalue weighted by Gasteiger charge is -2.68. The Morgan fingerprint density at radius 2 is 1.63 bits per heavy atom. The fraction of sp³-hybridized carbons (Fsp3) is 0.808. The summed E-state index contributed by atoms with van der Waals surface area (Å²) < 4.78 is 18.0. The summed E-state index contributed by atoms with van der Waals surface area (Å²) in [6.45, 7) is 12.3. The van der Waals surface area contributed by atoms with Crippen molar-refractivity contribution in [2.24, 2.45) is 33.5 Å². The molecule has 1 spiro atoms. The Morgan fingerprint density at radius 3 is 2.37 bits per heavy atom. The minimum absolute atomic E-state index is 0.00472. The minimum Gasteiger partial charge on any atom is -0.472 e. The number of hydrogen-bond donors (Lipinski definition) is 0. The Morgan fingerprint density at radius 1 is 0.900 bits per heavy atom. The van der Waals surface area contributed by atoms with E-state index in [4.69, 9.17) is 13.9 Å². The number of rotatable bonds is 1. The predicted octanol–water partition coefficient (Wildman–Crippen LogP) is 6.06. The molecule has 8 atom stereocenters. The Kier molecular flexibility index (Phi) is 3.59. The summed E-state index contributed by atoms with van der Waals surface area (Å²) in [5, 5.41) is 0. The first-order valence-corrected chi connectivity index (χ1v) is 12.0. The molecule has 3 heterocycles. The van der Waals surface area contributed by atoms with Crippen molar-refractivity contribution in [3.05, 3.63) is 24.2 Å². The van der Waals surface area contributed by atoms with E-state index in [1.54, 1.807) is 12.5 Å². The SMILES string of the molecule is CC1(C)CCC[C@@]2(C)C1CC[C@]1(C)C2CC[C@@]2(C)[C@H](c3ccoc3)OC(=O)[C@H]3O[C@]321. The van der Waals surface area contributed by atoms with Crippen molar-refractivity contribution in [1.29, 1.82) is 0 Å². The van der Waals surface area contributed by atoms with Crippen molar-refractivity contribution in [3.63, 3.8) is 0 Å². The maximum atomic E-state index is 13.0. The third-order valence-corrected chi connectivity index (χ3v) is 10.9. The summed E-state index contributed by atoms with van der Waals surface area (Å²) in [7, 11) is 0. The van der Waals surface area contributed by atoms with Gasteiger partial charge < -0.3 is 13.9 Å². The van der Waals surface area contributed by atoms with Crippen LogP contribution < -0.4 is 0 Å². The molecule has 6 rings (SSSR count). The van der Waals surface area contributed by atoms with E-state index < -0.39 is 11.7 Å². The molecule has 5 fully saturated rings. The number of ether oxygens (including phenoxy) is 2. The third-order valence-electron chi connectivity index (χ3n) is 10.9. The first-order chi connectivity index (χ1) is 14.1. The Balaban J connectivity index is 1.47. The molecule has 0 aromatic carbocycles. The molecule has 164 valence electrons. The largest absolute Gasteiger partial charge is 0.472 e.